The molecule has 8 heteroatoms. The number of hydrogen-bond donors (Lipinski definition) is 2. The lowest BCUT2D eigenvalue weighted by Gasteiger charge is -2.11. The quantitative estimate of drug-likeness (QED) is 0.677. The Morgan fingerprint density at radius 1 is 1.07 bits per heavy atom. The fraction of sp³-hybridized carbons (Fsp3) is 0.105. The van der Waals surface area contributed by atoms with Crippen molar-refractivity contribution in [3.05, 3.63) is 76.6 Å². The number of carbonyl (C=O) groups is 2. The molecule has 0 spiro atoms. The van der Waals surface area contributed by atoms with Crippen LogP contribution in [-0.4, -0.2) is 28.7 Å². The van der Waals surface area contributed by atoms with E-state index < -0.39 is 11.8 Å². The van der Waals surface area contributed by atoms with Crippen LogP contribution in [-0.2, 0) is 0 Å². The van der Waals surface area contributed by atoms with Crippen LogP contribution in [0.2, 0.25) is 5.02 Å². The van der Waals surface area contributed by atoms with Gasteiger partial charge in [0.1, 0.15) is 11.4 Å². The predicted octanol–water partition coefficient (Wildman–Crippen LogP) is 2.92. The number of rotatable bonds is 4. The Morgan fingerprint density at radius 2 is 1.78 bits per heavy atom. The van der Waals surface area contributed by atoms with Crippen LogP contribution in [0.25, 0.3) is 5.69 Å². The molecule has 3 aromatic rings. The largest absolute Gasteiger partial charge is 0.494 e. The van der Waals surface area contributed by atoms with E-state index in [0.29, 0.717) is 33.3 Å². The summed E-state index contributed by atoms with van der Waals surface area (Å²) in [6.45, 7) is 1.74. The van der Waals surface area contributed by atoms with E-state index in [2.05, 4.69) is 16.0 Å². The van der Waals surface area contributed by atoms with Crippen LogP contribution >= 0.6 is 11.6 Å². The van der Waals surface area contributed by atoms with E-state index in [0.717, 1.165) is 0 Å². The number of amides is 2. The van der Waals surface area contributed by atoms with Crippen LogP contribution in [0.3, 0.4) is 0 Å². The topological polar surface area (TPSA) is 85.2 Å². The Hall–Kier alpha value is -3.32. The minimum Gasteiger partial charge on any atom is -0.494 e. The zero-order valence-electron chi connectivity index (χ0n) is 14.7. The van der Waals surface area contributed by atoms with Crippen LogP contribution in [0.15, 0.2) is 54.7 Å². The van der Waals surface area contributed by atoms with Gasteiger partial charge in [0.25, 0.3) is 11.8 Å². The molecule has 3 rings (SSSR count). The van der Waals surface area contributed by atoms with Gasteiger partial charge >= 0.3 is 0 Å². The van der Waals surface area contributed by atoms with Crippen molar-refractivity contribution in [3.63, 3.8) is 0 Å². The third kappa shape index (κ3) is 3.93. The first-order valence-corrected chi connectivity index (χ1v) is 8.43. The monoisotopic (exact) mass is 384 g/mol. The SMILES string of the molecule is COc1ccc(Cl)cc1-n1ncc(C(=O)NNC(=O)c2ccccc2)c1C. The number of benzene rings is 2. The number of hydrazine groups is 1. The van der Waals surface area contributed by atoms with Gasteiger partial charge < -0.3 is 4.74 Å². The van der Waals surface area contributed by atoms with Crippen LogP contribution in [0, 0.1) is 6.92 Å². The lowest BCUT2D eigenvalue weighted by molar-refractivity contribution is 0.0846. The molecule has 0 aliphatic carbocycles. The van der Waals surface area contributed by atoms with Gasteiger partial charge in [-0.1, -0.05) is 29.8 Å². The predicted molar refractivity (Wildman–Crippen MR) is 101 cm³/mol. The Kier molecular flexibility index (Phi) is 5.42. The molecule has 27 heavy (non-hydrogen) atoms. The highest BCUT2D eigenvalue weighted by Gasteiger charge is 2.18. The molecule has 0 fully saturated rings. The lowest BCUT2D eigenvalue weighted by atomic mass is 10.2. The summed E-state index contributed by atoms with van der Waals surface area (Å²) >= 11 is 6.06. The number of carbonyl (C=O) groups excluding carboxylic acids is 2. The molecule has 2 N–H and O–H groups in total. The van der Waals surface area contributed by atoms with Crippen molar-refractivity contribution in [1.82, 2.24) is 20.6 Å². The Morgan fingerprint density at radius 3 is 2.48 bits per heavy atom. The molecule has 0 saturated heterocycles. The molecule has 0 atom stereocenters. The number of methoxy groups -OCH3 is 1. The van der Waals surface area contributed by atoms with Crippen LogP contribution in [0.5, 0.6) is 5.75 Å². The minimum absolute atomic E-state index is 0.311. The van der Waals surface area contributed by atoms with Crippen molar-refractivity contribution in [3.8, 4) is 11.4 Å². The van der Waals surface area contributed by atoms with Crippen LogP contribution in [0.1, 0.15) is 26.4 Å². The van der Waals surface area contributed by atoms with Crippen LogP contribution in [0.4, 0.5) is 0 Å². The van der Waals surface area contributed by atoms with E-state index in [-0.39, 0.29) is 0 Å². The number of hydrogen-bond acceptors (Lipinski definition) is 4. The van der Waals surface area contributed by atoms with Crippen molar-refractivity contribution in [1.29, 1.82) is 0 Å². The van der Waals surface area contributed by atoms with Gasteiger partial charge in [0.2, 0.25) is 0 Å². The summed E-state index contributed by atoms with van der Waals surface area (Å²) in [5.41, 5.74) is 6.70. The lowest BCUT2D eigenvalue weighted by Crippen LogP contribution is -2.41. The summed E-state index contributed by atoms with van der Waals surface area (Å²) in [7, 11) is 1.54. The molecule has 0 bridgehead atoms. The zero-order chi connectivity index (χ0) is 19.4. The van der Waals surface area contributed by atoms with Crippen molar-refractivity contribution >= 4 is 23.4 Å². The standard InChI is InChI=1S/C19H17ClN4O3/c1-12-15(19(26)23-22-18(25)13-6-4-3-5-7-13)11-21-24(12)16-10-14(20)8-9-17(16)27-2/h3-11H,1-2H3,(H,22,25)(H,23,26). The average Bonchev–Trinajstić information content (AvgIpc) is 3.07. The van der Waals surface area contributed by atoms with E-state index in [1.54, 1.807) is 60.1 Å². The van der Waals surface area contributed by atoms with Crippen molar-refractivity contribution in [2.45, 2.75) is 6.92 Å². The van der Waals surface area contributed by atoms with Crippen molar-refractivity contribution in [2.24, 2.45) is 0 Å². The second kappa shape index (κ2) is 7.92. The summed E-state index contributed by atoms with van der Waals surface area (Å²) in [4.78, 5) is 24.5. The Bertz CT molecular complexity index is 986. The molecule has 1 heterocycles. The molecule has 0 saturated carbocycles. The molecule has 2 amide bonds. The highest BCUT2D eigenvalue weighted by Crippen LogP contribution is 2.27. The zero-order valence-corrected chi connectivity index (χ0v) is 15.4. The minimum atomic E-state index is -0.482. The van der Waals surface area contributed by atoms with Gasteiger partial charge in [0, 0.05) is 10.6 Å². The van der Waals surface area contributed by atoms with Crippen molar-refractivity contribution < 1.29 is 14.3 Å². The number of nitrogens with zero attached hydrogens (tertiary/aromatic N) is 2. The maximum Gasteiger partial charge on any atom is 0.273 e. The first kappa shape index (κ1) is 18.5. The molecule has 0 aliphatic rings. The number of ether oxygens (including phenoxy) is 1. The van der Waals surface area contributed by atoms with Gasteiger partial charge in [-0.15, -0.1) is 0 Å². The summed E-state index contributed by atoms with van der Waals surface area (Å²) in [5, 5.41) is 4.76. The second-order valence-corrected chi connectivity index (χ2v) is 6.08. The van der Waals surface area contributed by atoms with E-state index in [9.17, 15) is 9.59 Å². The summed E-state index contributed by atoms with van der Waals surface area (Å²) < 4.78 is 6.88. The molecule has 1 aromatic heterocycles. The van der Waals surface area contributed by atoms with Gasteiger partial charge in [-0.3, -0.25) is 20.4 Å². The molecule has 138 valence electrons. The number of halogens is 1. The Labute approximate surface area is 160 Å². The number of aromatic nitrogens is 2. The fourth-order valence-corrected chi connectivity index (χ4v) is 2.71. The van der Waals surface area contributed by atoms with E-state index in [1.807, 2.05) is 0 Å². The van der Waals surface area contributed by atoms with E-state index in [4.69, 9.17) is 16.3 Å². The molecule has 0 radical (unpaired) electrons. The molecular weight excluding hydrogens is 368 g/mol. The fourth-order valence-electron chi connectivity index (χ4n) is 2.55. The van der Waals surface area contributed by atoms with Gasteiger partial charge in [-0.05, 0) is 37.3 Å². The van der Waals surface area contributed by atoms with E-state index >= 15 is 0 Å². The maximum absolute atomic E-state index is 12.4. The second-order valence-electron chi connectivity index (χ2n) is 5.65. The molecule has 0 aliphatic heterocycles. The molecular formula is C19H17ClN4O3. The van der Waals surface area contributed by atoms with Gasteiger partial charge in [-0.2, -0.15) is 5.10 Å². The van der Waals surface area contributed by atoms with Crippen molar-refractivity contribution in [2.75, 3.05) is 7.11 Å². The first-order valence-electron chi connectivity index (χ1n) is 8.05. The third-order valence-corrected chi connectivity index (χ3v) is 4.18. The van der Waals surface area contributed by atoms with Crippen LogP contribution < -0.4 is 15.6 Å². The molecule has 7 nitrogen and oxygen atoms in total. The highest BCUT2D eigenvalue weighted by molar-refractivity contribution is 6.30. The third-order valence-electron chi connectivity index (χ3n) is 3.95. The summed E-state index contributed by atoms with van der Waals surface area (Å²) in [6.07, 6.45) is 1.42. The van der Waals surface area contributed by atoms with Gasteiger partial charge in [-0.25, -0.2) is 4.68 Å². The normalized spacial score (nSPS) is 10.3. The Balaban J connectivity index is 1.78. The first-order chi connectivity index (χ1) is 13.0. The maximum atomic E-state index is 12.4. The highest BCUT2D eigenvalue weighted by atomic mass is 35.5. The summed E-state index contributed by atoms with van der Waals surface area (Å²) in [5.74, 6) is -0.329. The average molecular weight is 385 g/mol. The summed E-state index contributed by atoms with van der Waals surface area (Å²) in [6, 6.07) is 13.7. The molecule has 0 unspecified atom stereocenters. The molecule has 2 aromatic carbocycles. The smallest absolute Gasteiger partial charge is 0.273 e. The van der Waals surface area contributed by atoms with Gasteiger partial charge in [0.05, 0.1) is 24.6 Å². The van der Waals surface area contributed by atoms with E-state index in [1.165, 1.54) is 13.3 Å². The van der Waals surface area contributed by atoms with Gasteiger partial charge in [0.15, 0.2) is 0 Å². The number of nitrogens with one attached hydrogen (secondary N) is 2.